The van der Waals surface area contributed by atoms with Crippen molar-refractivity contribution in [2.75, 3.05) is 20.2 Å². The molecule has 5 nitrogen and oxygen atoms in total. The second kappa shape index (κ2) is 7.40. The summed E-state index contributed by atoms with van der Waals surface area (Å²) in [6.45, 7) is 5.53. The van der Waals surface area contributed by atoms with Crippen LogP contribution >= 0.6 is 0 Å². The first-order valence-electron chi connectivity index (χ1n) is 7.60. The molecule has 1 saturated heterocycles. The van der Waals surface area contributed by atoms with Gasteiger partial charge >= 0.3 is 11.9 Å². The van der Waals surface area contributed by atoms with Crippen molar-refractivity contribution < 1.29 is 19.1 Å². The molecule has 2 rings (SSSR count). The molecule has 1 aliphatic rings. The van der Waals surface area contributed by atoms with Gasteiger partial charge in [-0.05, 0) is 32.4 Å². The number of benzene rings is 1. The van der Waals surface area contributed by atoms with Gasteiger partial charge in [-0.15, -0.1) is 0 Å². The van der Waals surface area contributed by atoms with Crippen LogP contribution in [-0.2, 0) is 14.3 Å². The summed E-state index contributed by atoms with van der Waals surface area (Å²) >= 11 is 0. The predicted octanol–water partition coefficient (Wildman–Crippen LogP) is 2.12. The molecule has 1 aliphatic heterocycles. The Morgan fingerprint density at radius 2 is 1.91 bits per heavy atom. The van der Waals surface area contributed by atoms with Gasteiger partial charge in [-0.3, -0.25) is 9.69 Å². The molecule has 1 heterocycles. The molecule has 1 aromatic rings. The lowest BCUT2D eigenvalue weighted by molar-refractivity contribution is -0.153. The molecule has 0 spiro atoms. The minimum Gasteiger partial charge on any atom is -0.469 e. The second-order valence-corrected chi connectivity index (χ2v) is 5.82. The van der Waals surface area contributed by atoms with Crippen molar-refractivity contribution in [3.8, 4) is 0 Å². The van der Waals surface area contributed by atoms with Crippen LogP contribution in [-0.4, -0.2) is 49.2 Å². The third kappa shape index (κ3) is 3.85. The zero-order valence-corrected chi connectivity index (χ0v) is 13.3. The molecular formula is C17H23NO4. The van der Waals surface area contributed by atoms with Crippen LogP contribution < -0.4 is 0 Å². The van der Waals surface area contributed by atoms with Crippen molar-refractivity contribution in [1.29, 1.82) is 0 Å². The number of rotatable bonds is 4. The van der Waals surface area contributed by atoms with Crippen molar-refractivity contribution in [1.82, 2.24) is 4.90 Å². The van der Waals surface area contributed by atoms with Crippen molar-refractivity contribution in [3.63, 3.8) is 0 Å². The lowest BCUT2D eigenvalue weighted by Gasteiger charge is -2.38. The molecule has 0 unspecified atom stereocenters. The Labute approximate surface area is 131 Å². The summed E-state index contributed by atoms with van der Waals surface area (Å²) in [5, 5.41) is 0. The van der Waals surface area contributed by atoms with Crippen molar-refractivity contribution in [2.45, 2.75) is 32.4 Å². The molecule has 1 aromatic carbocycles. The van der Waals surface area contributed by atoms with E-state index in [1.54, 1.807) is 24.3 Å². The Morgan fingerprint density at radius 3 is 2.50 bits per heavy atom. The van der Waals surface area contributed by atoms with Gasteiger partial charge in [-0.1, -0.05) is 18.2 Å². The first-order valence-corrected chi connectivity index (χ1v) is 7.60. The molecule has 0 aromatic heterocycles. The number of hydrogen-bond acceptors (Lipinski definition) is 5. The van der Waals surface area contributed by atoms with Gasteiger partial charge in [0.15, 0.2) is 0 Å². The van der Waals surface area contributed by atoms with E-state index in [-0.39, 0.29) is 5.97 Å². The van der Waals surface area contributed by atoms with Gasteiger partial charge in [0.2, 0.25) is 0 Å². The summed E-state index contributed by atoms with van der Waals surface area (Å²) in [4.78, 5) is 26.4. The maximum atomic E-state index is 12.2. The molecule has 0 bridgehead atoms. The number of carbonyl (C=O) groups is 2. The number of carbonyl (C=O) groups excluding carboxylic acids is 2. The number of likely N-dealkylation sites (tertiary alicyclic amines) is 1. The van der Waals surface area contributed by atoms with Crippen LogP contribution in [0, 0.1) is 5.92 Å². The standard InChI is InChI=1S/C17H23NO4/c1-12(2)18-10-9-15(14(11-18)17(20)21-3)22-16(19)13-7-5-4-6-8-13/h4-8,12,14-15H,9-11H2,1-3H3/t14-,15-/m1/s1. The smallest absolute Gasteiger partial charge is 0.338 e. The number of piperidine rings is 1. The molecular weight excluding hydrogens is 282 g/mol. The highest BCUT2D eigenvalue weighted by Gasteiger charge is 2.38. The molecule has 2 atom stereocenters. The van der Waals surface area contributed by atoms with Crippen LogP contribution in [0.5, 0.6) is 0 Å². The molecule has 0 amide bonds. The third-order valence-electron chi connectivity index (χ3n) is 4.08. The Bertz CT molecular complexity index is 515. The average molecular weight is 305 g/mol. The van der Waals surface area contributed by atoms with Crippen molar-refractivity contribution in [2.24, 2.45) is 5.92 Å². The summed E-state index contributed by atoms with van der Waals surface area (Å²) in [5.41, 5.74) is 0.498. The fraction of sp³-hybridized carbons (Fsp3) is 0.529. The number of hydrogen-bond donors (Lipinski definition) is 0. The summed E-state index contributed by atoms with van der Waals surface area (Å²) in [7, 11) is 1.37. The molecule has 0 saturated carbocycles. The van der Waals surface area contributed by atoms with E-state index >= 15 is 0 Å². The fourth-order valence-corrected chi connectivity index (χ4v) is 2.72. The maximum Gasteiger partial charge on any atom is 0.338 e. The molecule has 1 fully saturated rings. The van der Waals surface area contributed by atoms with Crippen LogP contribution in [0.4, 0.5) is 0 Å². The molecule has 0 radical (unpaired) electrons. The Kier molecular flexibility index (Phi) is 5.55. The first-order chi connectivity index (χ1) is 10.5. The summed E-state index contributed by atoms with van der Waals surface area (Å²) < 4.78 is 10.5. The Morgan fingerprint density at radius 1 is 1.23 bits per heavy atom. The van der Waals surface area contributed by atoms with Gasteiger partial charge in [0.1, 0.15) is 12.0 Å². The van der Waals surface area contributed by atoms with E-state index in [1.807, 2.05) is 6.07 Å². The number of nitrogens with zero attached hydrogens (tertiary/aromatic N) is 1. The van der Waals surface area contributed by atoms with Crippen LogP contribution in [0.3, 0.4) is 0 Å². The predicted molar refractivity (Wildman–Crippen MR) is 82.5 cm³/mol. The van der Waals surface area contributed by atoms with E-state index in [0.29, 0.717) is 24.6 Å². The number of ether oxygens (including phenoxy) is 2. The number of esters is 2. The van der Waals surface area contributed by atoms with Gasteiger partial charge < -0.3 is 9.47 Å². The van der Waals surface area contributed by atoms with Gasteiger partial charge in [0, 0.05) is 19.1 Å². The third-order valence-corrected chi connectivity index (χ3v) is 4.08. The first kappa shape index (κ1) is 16.5. The summed E-state index contributed by atoms with van der Waals surface area (Å²) in [6, 6.07) is 9.18. The summed E-state index contributed by atoms with van der Waals surface area (Å²) in [5.74, 6) is -1.15. The topological polar surface area (TPSA) is 55.8 Å². The zero-order valence-electron chi connectivity index (χ0n) is 13.3. The van der Waals surface area contributed by atoms with Crippen molar-refractivity contribution in [3.05, 3.63) is 35.9 Å². The van der Waals surface area contributed by atoms with E-state index in [1.165, 1.54) is 7.11 Å². The normalized spacial score (nSPS) is 22.4. The van der Waals surface area contributed by atoms with Crippen LogP contribution in [0.15, 0.2) is 30.3 Å². The lowest BCUT2D eigenvalue weighted by atomic mass is 9.93. The van der Waals surface area contributed by atoms with Crippen molar-refractivity contribution >= 4 is 11.9 Å². The Hall–Kier alpha value is -1.88. The lowest BCUT2D eigenvalue weighted by Crippen LogP contribution is -2.50. The van der Waals surface area contributed by atoms with E-state index < -0.39 is 18.0 Å². The minimum absolute atomic E-state index is 0.323. The van der Waals surface area contributed by atoms with E-state index in [0.717, 1.165) is 6.54 Å². The highest BCUT2D eigenvalue weighted by Crippen LogP contribution is 2.24. The summed E-state index contributed by atoms with van der Waals surface area (Å²) in [6.07, 6.45) is 0.200. The zero-order chi connectivity index (χ0) is 16.1. The van der Waals surface area contributed by atoms with E-state index in [9.17, 15) is 9.59 Å². The quantitative estimate of drug-likeness (QED) is 0.798. The second-order valence-electron chi connectivity index (χ2n) is 5.82. The van der Waals surface area contributed by atoms with Crippen LogP contribution in [0.1, 0.15) is 30.6 Å². The van der Waals surface area contributed by atoms with E-state index in [4.69, 9.17) is 9.47 Å². The highest BCUT2D eigenvalue weighted by atomic mass is 16.6. The molecule has 22 heavy (non-hydrogen) atoms. The molecule has 0 aliphatic carbocycles. The van der Waals surface area contributed by atoms with E-state index in [2.05, 4.69) is 18.7 Å². The molecule has 120 valence electrons. The SMILES string of the molecule is COC(=O)[C@@H]1CN(C(C)C)CC[C@H]1OC(=O)c1ccccc1. The average Bonchev–Trinajstić information content (AvgIpc) is 2.55. The van der Waals surface area contributed by atoms with Gasteiger partial charge in [-0.25, -0.2) is 4.79 Å². The monoisotopic (exact) mass is 305 g/mol. The highest BCUT2D eigenvalue weighted by molar-refractivity contribution is 5.89. The van der Waals surface area contributed by atoms with Crippen LogP contribution in [0.2, 0.25) is 0 Å². The van der Waals surface area contributed by atoms with Gasteiger partial charge in [0.25, 0.3) is 0 Å². The number of methoxy groups -OCH3 is 1. The largest absolute Gasteiger partial charge is 0.469 e. The van der Waals surface area contributed by atoms with Crippen LogP contribution in [0.25, 0.3) is 0 Å². The van der Waals surface area contributed by atoms with Gasteiger partial charge in [-0.2, -0.15) is 0 Å². The maximum absolute atomic E-state index is 12.2. The Balaban J connectivity index is 2.08. The molecule has 5 heteroatoms. The fourth-order valence-electron chi connectivity index (χ4n) is 2.72. The molecule has 0 N–H and O–H groups in total. The van der Waals surface area contributed by atoms with Gasteiger partial charge in [0.05, 0.1) is 12.7 Å². The minimum atomic E-state index is -0.436.